The minimum Gasteiger partial charge on any atom is -0.393 e. The zero-order valence-corrected chi connectivity index (χ0v) is 21.8. The fourth-order valence-electron chi connectivity index (χ4n) is 4.59. The van der Waals surface area contributed by atoms with Crippen LogP contribution in [0.3, 0.4) is 0 Å². The Balaban J connectivity index is 0.000000195. The Morgan fingerprint density at radius 1 is 1.00 bits per heavy atom. The van der Waals surface area contributed by atoms with Crippen LogP contribution in [0, 0.1) is 11.3 Å². The second-order valence-electron chi connectivity index (χ2n) is 9.51. The molecule has 8 heteroatoms. The molecule has 0 bridgehead atoms. The summed E-state index contributed by atoms with van der Waals surface area (Å²) in [5.41, 5.74) is 3.89. The first kappa shape index (κ1) is 25.7. The molecule has 2 aliphatic rings. The van der Waals surface area contributed by atoms with E-state index in [4.69, 9.17) is 37.7 Å². The zero-order valence-electron chi connectivity index (χ0n) is 20.2. The van der Waals surface area contributed by atoms with Crippen molar-refractivity contribution in [1.29, 1.82) is 5.26 Å². The number of halogens is 2. The molecule has 0 atom stereocenters. The molecule has 37 heavy (non-hydrogen) atoms. The second-order valence-corrected chi connectivity index (χ2v) is 10.3. The minimum atomic E-state index is -0.185. The lowest BCUT2D eigenvalue weighted by Crippen LogP contribution is -2.24. The van der Waals surface area contributed by atoms with Crippen molar-refractivity contribution in [3.05, 3.63) is 81.7 Å². The maximum Gasteiger partial charge on any atom is 0.145 e. The molecule has 2 aromatic carbocycles. The van der Waals surface area contributed by atoms with Gasteiger partial charge in [-0.2, -0.15) is 5.26 Å². The van der Waals surface area contributed by atoms with E-state index in [-0.39, 0.29) is 12.2 Å². The molecule has 1 N–H and O–H groups in total. The fraction of sp³-hybridized carbons (Fsp3) is 0.345. The average molecular weight is 536 g/mol. The first-order valence-corrected chi connectivity index (χ1v) is 13.3. The predicted molar refractivity (Wildman–Crippen MR) is 143 cm³/mol. The van der Waals surface area contributed by atoms with Gasteiger partial charge in [-0.3, -0.25) is 4.98 Å². The SMILES string of the molecule is N#Cc1cnc2ccccc2c1.OC1CCC(OCc2c(-c3c(Cl)cccc3Cl)noc2C2CC2)CC1. The summed E-state index contributed by atoms with van der Waals surface area (Å²) in [4.78, 5) is 4.13. The van der Waals surface area contributed by atoms with Gasteiger partial charge in [0.15, 0.2) is 0 Å². The quantitative estimate of drug-likeness (QED) is 0.285. The molecule has 2 aromatic heterocycles. The third kappa shape index (κ3) is 6.14. The number of ether oxygens (including phenoxy) is 1. The standard InChI is InChI=1S/C19H21Cl2NO3.C10H6N2/c20-15-2-1-3-16(21)17(15)18-14(19(25-22-18)11-4-5-11)10-24-13-8-6-12(23)7-9-13;11-6-8-5-9-3-1-2-4-10(9)12-7-8/h1-3,11-13,23H,4-10H2;1-5,7H. The molecule has 2 saturated carbocycles. The van der Waals surface area contributed by atoms with Gasteiger partial charge in [-0.15, -0.1) is 0 Å². The zero-order chi connectivity index (χ0) is 25.8. The first-order chi connectivity index (χ1) is 18.0. The van der Waals surface area contributed by atoms with E-state index in [1.54, 1.807) is 18.3 Å². The molecule has 6 nitrogen and oxygen atoms in total. The molecule has 2 heterocycles. The van der Waals surface area contributed by atoms with Gasteiger partial charge < -0.3 is 14.4 Å². The van der Waals surface area contributed by atoms with E-state index in [2.05, 4.69) is 16.2 Å². The van der Waals surface area contributed by atoms with Crippen molar-refractivity contribution in [2.75, 3.05) is 0 Å². The molecular formula is C29H27Cl2N3O3. The fourth-order valence-corrected chi connectivity index (χ4v) is 5.17. The third-order valence-electron chi connectivity index (χ3n) is 6.79. The maximum atomic E-state index is 9.65. The highest BCUT2D eigenvalue weighted by atomic mass is 35.5. The Labute approximate surface area is 225 Å². The molecule has 0 saturated heterocycles. The van der Waals surface area contributed by atoms with Crippen LogP contribution in [-0.4, -0.2) is 27.5 Å². The van der Waals surface area contributed by atoms with Gasteiger partial charge in [0.05, 0.1) is 39.9 Å². The van der Waals surface area contributed by atoms with Crippen LogP contribution in [0.5, 0.6) is 0 Å². The summed E-state index contributed by atoms with van der Waals surface area (Å²) in [6.45, 7) is 0.437. The van der Waals surface area contributed by atoms with Crippen LogP contribution in [0.25, 0.3) is 22.2 Å². The number of rotatable bonds is 5. The van der Waals surface area contributed by atoms with Crippen molar-refractivity contribution in [2.24, 2.45) is 0 Å². The Morgan fingerprint density at radius 2 is 1.73 bits per heavy atom. The summed E-state index contributed by atoms with van der Waals surface area (Å²) in [7, 11) is 0. The van der Waals surface area contributed by atoms with Crippen LogP contribution in [0.1, 0.15) is 61.3 Å². The van der Waals surface area contributed by atoms with E-state index < -0.39 is 0 Å². The van der Waals surface area contributed by atoms with Crippen LogP contribution >= 0.6 is 23.2 Å². The second kappa shape index (κ2) is 11.6. The molecule has 0 aliphatic heterocycles. The summed E-state index contributed by atoms with van der Waals surface area (Å²) in [5, 5.41) is 24.7. The molecule has 2 fully saturated rings. The lowest BCUT2D eigenvalue weighted by atomic mass is 9.95. The van der Waals surface area contributed by atoms with E-state index in [0.29, 0.717) is 39.4 Å². The number of para-hydroxylation sites is 1. The lowest BCUT2D eigenvalue weighted by molar-refractivity contribution is -0.0121. The smallest absolute Gasteiger partial charge is 0.145 e. The highest BCUT2D eigenvalue weighted by Crippen LogP contribution is 2.46. The highest BCUT2D eigenvalue weighted by Gasteiger charge is 2.34. The summed E-state index contributed by atoms with van der Waals surface area (Å²) in [6, 6.07) is 17.1. The van der Waals surface area contributed by atoms with Gasteiger partial charge in [0, 0.05) is 28.6 Å². The van der Waals surface area contributed by atoms with E-state index in [9.17, 15) is 5.11 Å². The van der Waals surface area contributed by atoms with Gasteiger partial charge in [0.1, 0.15) is 17.5 Å². The molecule has 190 valence electrons. The molecule has 6 rings (SSSR count). The predicted octanol–water partition coefficient (Wildman–Crippen LogP) is 7.45. The van der Waals surface area contributed by atoms with Gasteiger partial charge in [0.25, 0.3) is 0 Å². The number of nitriles is 1. The Morgan fingerprint density at radius 3 is 2.43 bits per heavy atom. The normalized spacial score (nSPS) is 19.2. The van der Waals surface area contributed by atoms with Crippen molar-refractivity contribution in [3.63, 3.8) is 0 Å². The van der Waals surface area contributed by atoms with Crippen LogP contribution < -0.4 is 0 Å². The van der Waals surface area contributed by atoms with Gasteiger partial charge in [-0.25, -0.2) is 0 Å². The third-order valence-corrected chi connectivity index (χ3v) is 7.42. The number of aromatic nitrogens is 2. The van der Waals surface area contributed by atoms with Crippen LogP contribution in [-0.2, 0) is 11.3 Å². The number of benzene rings is 2. The average Bonchev–Trinajstić information content (AvgIpc) is 3.68. The van der Waals surface area contributed by atoms with E-state index in [1.807, 2.05) is 36.4 Å². The molecule has 4 aromatic rings. The number of aliphatic hydroxyl groups is 1. The van der Waals surface area contributed by atoms with Crippen LogP contribution in [0.15, 0.2) is 59.3 Å². The number of hydrogen-bond donors (Lipinski definition) is 1. The number of aliphatic hydroxyl groups excluding tert-OH is 1. The van der Waals surface area contributed by atoms with E-state index in [0.717, 1.165) is 60.8 Å². The molecular weight excluding hydrogens is 509 g/mol. The Bertz CT molecular complexity index is 1400. The maximum absolute atomic E-state index is 9.65. The number of hydrogen-bond acceptors (Lipinski definition) is 6. The van der Waals surface area contributed by atoms with Crippen molar-refractivity contribution in [1.82, 2.24) is 10.1 Å². The van der Waals surface area contributed by atoms with Crippen molar-refractivity contribution >= 4 is 34.1 Å². The number of fused-ring (bicyclic) bond motifs is 1. The molecule has 0 spiro atoms. The first-order valence-electron chi connectivity index (χ1n) is 12.5. The Kier molecular flexibility index (Phi) is 8.07. The molecule has 0 amide bonds. The van der Waals surface area contributed by atoms with E-state index in [1.165, 1.54) is 0 Å². The molecule has 2 aliphatic carbocycles. The van der Waals surface area contributed by atoms with Crippen molar-refractivity contribution < 1.29 is 14.4 Å². The number of pyridine rings is 1. The van der Waals surface area contributed by atoms with Gasteiger partial charge >= 0.3 is 0 Å². The van der Waals surface area contributed by atoms with Crippen LogP contribution in [0.4, 0.5) is 0 Å². The lowest BCUT2D eigenvalue weighted by Gasteiger charge is -2.25. The summed E-state index contributed by atoms with van der Waals surface area (Å²) in [6.07, 6.45) is 7.17. The number of nitrogens with zero attached hydrogens (tertiary/aromatic N) is 3. The van der Waals surface area contributed by atoms with Gasteiger partial charge in [-0.1, -0.05) is 52.6 Å². The van der Waals surface area contributed by atoms with E-state index >= 15 is 0 Å². The monoisotopic (exact) mass is 535 g/mol. The summed E-state index contributed by atoms with van der Waals surface area (Å²) < 4.78 is 11.8. The summed E-state index contributed by atoms with van der Waals surface area (Å²) in [5.74, 6) is 1.33. The van der Waals surface area contributed by atoms with Gasteiger partial charge in [-0.05, 0) is 62.8 Å². The van der Waals surface area contributed by atoms with Gasteiger partial charge in [0.2, 0.25) is 0 Å². The minimum absolute atomic E-state index is 0.167. The van der Waals surface area contributed by atoms with Crippen molar-refractivity contribution in [2.45, 2.75) is 63.3 Å². The Hall–Kier alpha value is -2.95. The molecule has 0 unspecified atom stereocenters. The largest absolute Gasteiger partial charge is 0.393 e. The molecule has 0 radical (unpaired) electrons. The highest BCUT2D eigenvalue weighted by molar-refractivity contribution is 6.39. The topological polar surface area (TPSA) is 92.2 Å². The van der Waals surface area contributed by atoms with Crippen molar-refractivity contribution in [3.8, 4) is 17.3 Å². The summed E-state index contributed by atoms with van der Waals surface area (Å²) >= 11 is 12.7. The van der Waals surface area contributed by atoms with Crippen LogP contribution in [0.2, 0.25) is 10.0 Å².